The normalized spacial score (nSPS) is 11.2. The summed E-state index contributed by atoms with van der Waals surface area (Å²) in [6, 6.07) is 14.3. The van der Waals surface area contributed by atoms with Crippen molar-refractivity contribution in [3.8, 4) is 5.75 Å². The van der Waals surface area contributed by atoms with Crippen molar-refractivity contribution in [1.29, 1.82) is 0 Å². The molecular formula is C26H21ClF5N3O4. The summed E-state index contributed by atoms with van der Waals surface area (Å²) in [5.41, 5.74) is 1.34. The molecule has 0 atom stereocenters. The number of anilines is 2. The van der Waals surface area contributed by atoms with Crippen molar-refractivity contribution >= 4 is 40.7 Å². The summed E-state index contributed by atoms with van der Waals surface area (Å²) in [5.74, 6) is -3.78. The van der Waals surface area contributed by atoms with Crippen molar-refractivity contribution < 1.29 is 41.1 Å². The van der Waals surface area contributed by atoms with Crippen molar-refractivity contribution in [3.05, 3.63) is 87.9 Å². The number of alkyl halides is 5. The minimum Gasteiger partial charge on any atom is -0.487 e. The zero-order valence-corrected chi connectivity index (χ0v) is 20.9. The molecule has 0 spiro atoms. The van der Waals surface area contributed by atoms with E-state index in [-0.39, 0.29) is 33.1 Å². The number of benzene rings is 3. The average Bonchev–Trinajstić information content (AvgIpc) is 2.87. The van der Waals surface area contributed by atoms with Crippen molar-refractivity contribution in [1.82, 2.24) is 5.32 Å². The van der Waals surface area contributed by atoms with Gasteiger partial charge in [0.2, 0.25) is 0 Å². The minimum absolute atomic E-state index is 0.0346. The Morgan fingerprint density at radius 1 is 0.872 bits per heavy atom. The molecule has 39 heavy (non-hydrogen) atoms. The summed E-state index contributed by atoms with van der Waals surface area (Å²) in [5, 5.41) is 6.78. The van der Waals surface area contributed by atoms with Crippen LogP contribution >= 0.6 is 11.6 Å². The van der Waals surface area contributed by atoms with Crippen LogP contribution in [0.4, 0.5) is 33.3 Å². The van der Waals surface area contributed by atoms with E-state index >= 15 is 0 Å². The van der Waals surface area contributed by atoms with Gasteiger partial charge in [-0.25, -0.2) is 8.78 Å². The van der Waals surface area contributed by atoms with E-state index < -0.39 is 43.5 Å². The Bertz CT molecular complexity index is 1360. The molecular weight excluding hydrogens is 549 g/mol. The molecule has 3 N–H and O–H groups in total. The van der Waals surface area contributed by atoms with Crippen LogP contribution in [0.25, 0.3) is 0 Å². The van der Waals surface area contributed by atoms with Gasteiger partial charge in [0.25, 0.3) is 18.2 Å². The van der Waals surface area contributed by atoms with E-state index in [2.05, 4.69) is 10.6 Å². The number of ether oxygens (including phenoxy) is 1. The first-order valence-corrected chi connectivity index (χ1v) is 11.6. The molecule has 0 heterocycles. The fraction of sp³-hybridized carbons (Fsp3) is 0.192. The highest BCUT2D eigenvalue weighted by molar-refractivity contribution is 6.34. The maximum Gasteiger partial charge on any atom is 0.471 e. The molecule has 0 saturated heterocycles. The molecule has 3 amide bonds. The van der Waals surface area contributed by atoms with Gasteiger partial charge < -0.3 is 20.7 Å². The number of nitrogens with one attached hydrogen (secondary N) is 3. The molecule has 0 fully saturated rings. The van der Waals surface area contributed by atoms with Gasteiger partial charge in [-0.05, 0) is 55.0 Å². The predicted octanol–water partition coefficient (Wildman–Crippen LogP) is 5.98. The smallest absolute Gasteiger partial charge is 0.471 e. The van der Waals surface area contributed by atoms with E-state index in [9.17, 15) is 36.3 Å². The van der Waals surface area contributed by atoms with E-state index in [1.54, 1.807) is 29.6 Å². The lowest BCUT2D eigenvalue weighted by Gasteiger charge is -2.15. The van der Waals surface area contributed by atoms with Crippen LogP contribution < -0.4 is 20.7 Å². The largest absolute Gasteiger partial charge is 0.487 e. The third kappa shape index (κ3) is 8.40. The third-order valence-electron chi connectivity index (χ3n) is 5.14. The number of amides is 3. The van der Waals surface area contributed by atoms with Gasteiger partial charge in [0.05, 0.1) is 16.1 Å². The fourth-order valence-electron chi connectivity index (χ4n) is 3.24. The molecule has 0 aliphatic heterocycles. The van der Waals surface area contributed by atoms with Crippen LogP contribution in [0.2, 0.25) is 5.02 Å². The number of hydrogen-bond acceptors (Lipinski definition) is 4. The molecule has 206 valence electrons. The summed E-state index contributed by atoms with van der Waals surface area (Å²) >= 11 is 6.09. The van der Waals surface area contributed by atoms with Crippen LogP contribution in [-0.4, -0.2) is 36.9 Å². The molecule has 0 aromatic heterocycles. The van der Waals surface area contributed by atoms with Crippen LogP contribution in [0.3, 0.4) is 0 Å². The van der Waals surface area contributed by atoms with Gasteiger partial charge in [-0.2, -0.15) is 13.2 Å². The summed E-state index contributed by atoms with van der Waals surface area (Å²) in [4.78, 5) is 36.9. The SMILES string of the molecule is Cc1ccc(NC(=O)c2cc(NC(=O)c3cc(CNC(=O)C(F)(F)F)ccc3Cl)ccc2OCC(F)F)cc1. The molecule has 13 heteroatoms. The topological polar surface area (TPSA) is 96.5 Å². The van der Waals surface area contributed by atoms with Gasteiger partial charge in [0.15, 0.2) is 0 Å². The molecule has 3 aromatic carbocycles. The highest BCUT2D eigenvalue weighted by Gasteiger charge is 2.38. The van der Waals surface area contributed by atoms with Gasteiger partial charge in [-0.15, -0.1) is 0 Å². The van der Waals surface area contributed by atoms with E-state index in [1.807, 2.05) is 6.92 Å². The van der Waals surface area contributed by atoms with E-state index in [1.165, 1.54) is 36.4 Å². The third-order valence-corrected chi connectivity index (χ3v) is 5.47. The van der Waals surface area contributed by atoms with Crippen molar-refractivity contribution in [2.45, 2.75) is 26.1 Å². The number of carbonyl (C=O) groups excluding carboxylic acids is 3. The monoisotopic (exact) mass is 569 g/mol. The molecule has 0 aliphatic carbocycles. The number of rotatable bonds is 9. The lowest BCUT2D eigenvalue weighted by atomic mass is 10.1. The number of carbonyl (C=O) groups is 3. The summed E-state index contributed by atoms with van der Waals surface area (Å²) in [6.07, 6.45) is -7.87. The molecule has 7 nitrogen and oxygen atoms in total. The summed E-state index contributed by atoms with van der Waals surface area (Å²) in [7, 11) is 0. The minimum atomic E-state index is -5.07. The Kier molecular flexibility index (Phi) is 9.47. The van der Waals surface area contributed by atoms with Crippen molar-refractivity contribution in [2.75, 3.05) is 17.2 Å². The highest BCUT2D eigenvalue weighted by atomic mass is 35.5. The Morgan fingerprint density at radius 2 is 1.49 bits per heavy atom. The Labute approximate surface area is 224 Å². The standard InChI is InChI=1S/C26H21ClF5N3O4/c1-14-2-5-16(6-3-14)34-24(37)19-11-17(7-9-21(19)39-13-22(28)29)35-23(36)18-10-15(4-8-20(18)27)12-33-25(38)26(30,31)32/h2-11,22H,12-13H2,1H3,(H,33,38)(H,34,37)(H,35,36). The second-order valence-electron chi connectivity index (χ2n) is 8.18. The van der Waals surface area contributed by atoms with Crippen LogP contribution in [0, 0.1) is 6.92 Å². The summed E-state index contributed by atoms with van der Waals surface area (Å²) < 4.78 is 67.8. The maximum atomic E-state index is 12.9. The number of aryl methyl sites for hydroxylation is 1. The summed E-state index contributed by atoms with van der Waals surface area (Å²) in [6.45, 7) is 0.369. The first-order valence-electron chi connectivity index (χ1n) is 11.2. The number of hydrogen-bond donors (Lipinski definition) is 3. The lowest BCUT2D eigenvalue weighted by Crippen LogP contribution is -2.36. The van der Waals surface area contributed by atoms with Crippen molar-refractivity contribution in [2.24, 2.45) is 0 Å². The van der Waals surface area contributed by atoms with Gasteiger partial charge in [0, 0.05) is 17.9 Å². The molecule has 3 rings (SSSR count). The zero-order valence-electron chi connectivity index (χ0n) is 20.2. The fourth-order valence-corrected chi connectivity index (χ4v) is 3.44. The van der Waals surface area contributed by atoms with Crippen LogP contribution in [0.1, 0.15) is 31.8 Å². The van der Waals surface area contributed by atoms with Gasteiger partial charge in [-0.1, -0.05) is 35.4 Å². The quantitative estimate of drug-likeness (QED) is 0.276. The van der Waals surface area contributed by atoms with E-state index in [0.29, 0.717) is 5.69 Å². The first kappa shape index (κ1) is 29.4. The molecule has 0 bridgehead atoms. The van der Waals surface area contributed by atoms with Crippen molar-refractivity contribution in [3.63, 3.8) is 0 Å². The molecule has 0 unspecified atom stereocenters. The number of halogens is 6. The van der Waals surface area contributed by atoms with E-state index in [0.717, 1.165) is 5.56 Å². The zero-order chi connectivity index (χ0) is 28.7. The lowest BCUT2D eigenvalue weighted by molar-refractivity contribution is -0.173. The average molecular weight is 570 g/mol. The van der Waals surface area contributed by atoms with E-state index in [4.69, 9.17) is 16.3 Å². The van der Waals surface area contributed by atoms with Gasteiger partial charge in [0.1, 0.15) is 12.4 Å². The van der Waals surface area contributed by atoms with Crippen LogP contribution in [0.5, 0.6) is 5.75 Å². The second-order valence-corrected chi connectivity index (χ2v) is 8.59. The Balaban J connectivity index is 1.82. The molecule has 0 radical (unpaired) electrons. The molecule has 0 saturated carbocycles. The second kappa shape index (κ2) is 12.6. The van der Waals surface area contributed by atoms with Gasteiger partial charge >= 0.3 is 12.1 Å². The predicted molar refractivity (Wildman–Crippen MR) is 134 cm³/mol. The molecule has 3 aromatic rings. The Morgan fingerprint density at radius 3 is 2.13 bits per heavy atom. The maximum absolute atomic E-state index is 12.9. The molecule has 0 aliphatic rings. The Hall–Kier alpha value is -4.19. The van der Waals surface area contributed by atoms with Crippen LogP contribution in [-0.2, 0) is 11.3 Å². The highest BCUT2D eigenvalue weighted by Crippen LogP contribution is 2.26. The van der Waals surface area contributed by atoms with Gasteiger partial charge in [-0.3, -0.25) is 14.4 Å². The first-order chi connectivity index (χ1) is 18.3. The van der Waals surface area contributed by atoms with Crippen LogP contribution in [0.15, 0.2) is 60.7 Å².